The number of nitrogens with zero attached hydrogens (tertiary/aromatic N) is 1. The number of carbonyl (C=O) groups is 1. The molecule has 3 heteroatoms. The summed E-state index contributed by atoms with van der Waals surface area (Å²) in [6.07, 6.45) is 3.54. The lowest BCUT2D eigenvalue weighted by molar-refractivity contribution is -0.142. The third kappa shape index (κ3) is 3.49. The van der Waals surface area contributed by atoms with E-state index in [2.05, 4.69) is 18.7 Å². The number of hydrogen-bond donors (Lipinski definition) is 1. The monoisotopic (exact) mass is 213 g/mol. The Kier molecular flexibility index (Phi) is 4.58. The van der Waals surface area contributed by atoms with Gasteiger partial charge in [-0.25, -0.2) is 0 Å². The molecule has 1 N–H and O–H groups in total. The fourth-order valence-corrected chi connectivity index (χ4v) is 2.35. The van der Waals surface area contributed by atoms with Gasteiger partial charge in [-0.05, 0) is 51.1 Å². The predicted octanol–water partition coefficient (Wildman–Crippen LogP) is 2.22. The van der Waals surface area contributed by atoms with Crippen molar-refractivity contribution in [2.45, 2.75) is 46.1 Å². The first-order valence-electron chi connectivity index (χ1n) is 5.99. The van der Waals surface area contributed by atoms with Crippen LogP contribution >= 0.6 is 0 Å². The van der Waals surface area contributed by atoms with E-state index in [9.17, 15) is 4.79 Å². The second kappa shape index (κ2) is 5.50. The summed E-state index contributed by atoms with van der Waals surface area (Å²) < 4.78 is 0. The van der Waals surface area contributed by atoms with Crippen molar-refractivity contribution in [3.8, 4) is 0 Å². The van der Waals surface area contributed by atoms with Crippen molar-refractivity contribution in [1.29, 1.82) is 0 Å². The minimum absolute atomic E-state index is 0.323. The van der Waals surface area contributed by atoms with Gasteiger partial charge in [-0.3, -0.25) is 9.69 Å². The number of carboxylic acid groups (broad SMARTS) is 1. The van der Waals surface area contributed by atoms with Gasteiger partial charge < -0.3 is 5.11 Å². The molecular weight excluding hydrogens is 190 g/mol. The Morgan fingerprint density at radius 2 is 1.93 bits per heavy atom. The van der Waals surface area contributed by atoms with E-state index in [4.69, 9.17) is 5.11 Å². The fourth-order valence-electron chi connectivity index (χ4n) is 2.35. The van der Waals surface area contributed by atoms with Gasteiger partial charge in [-0.2, -0.15) is 0 Å². The Morgan fingerprint density at radius 3 is 2.47 bits per heavy atom. The maximum atomic E-state index is 10.9. The van der Waals surface area contributed by atoms with E-state index in [0.717, 1.165) is 37.8 Å². The molecule has 1 aliphatic rings. The molecule has 88 valence electrons. The largest absolute Gasteiger partial charge is 0.480 e. The van der Waals surface area contributed by atoms with E-state index in [0.29, 0.717) is 0 Å². The van der Waals surface area contributed by atoms with Gasteiger partial charge in [0.05, 0.1) is 0 Å². The number of aliphatic carboxylic acids is 1. The molecule has 0 aromatic rings. The van der Waals surface area contributed by atoms with Crippen LogP contribution in [0.1, 0.15) is 40.0 Å². The van der Waals surface area contributed by atoms with Gasteiger partial charge in [0.1, 0.15) is 6.04 Å². The summed E-state index contributed by atoms with van der Waals surface area (Å²) in [6, 6.07) is -0.323. The van der Waals surface area contributed by atoms with Crippen LogP contribution in [0.4, 0.5) is 0 Å². The van der Waals surface area contributed by atoms with Crippen LogP contribution in [0.15, 0.2) is 0 Å². The third-order valence-electron chi connectivity index (χ3n) is 3.66. The fraction of sp³-hybridized carbons (Fsp3) is 0.917. The molecule has 15 heavy (non-hydrogen) atoms. The molecule has 0 aliphatic carbocycles. The molecule has 0 aromatic heterocycles. The van der Waals surface area contributed by atoms with Gasteiger partial charge in [-0.15, -0.1) is 0 Å². The zero-order valence-electron chi connectivity index (χ0n) is 10.1. The van der Waals surface area contributed by atoms with Gasteiger partial charge in [0.2, 0.25) is 0 Å². The van der Waals surface area contributed by atoms with Gasteiger partial charge in [0.25, 0.3) is 0 Å². The molecule has 1 heterocycles. The van der Waals surface area contributed by atoms with Crippen molar-refractivity contribution in [2.24, 2.45) is 11.8 Å². The van der Waals surface area contributed by atoms with E-state index in [1.165, 1.54) is 6.42 Å². The average molecular weight is 213 g/mol. The number of rotatable bonds is 3. The van der Waals surface area contributed by atoms with Crippen molar-refractivity contribution >= 4 is 5.97 Å². The standard InChI is InChI=1S/C12H23NO2/c1-9(2)11-5-4-7-13(8-6-11)10(3)12(14)15/h9-11H,4-8H2,1-3H3,(H,14,15). The Hall–Kier alpha value is -0.570. The van der Waals surface area contributed by atoms with Crippen LogP contribution in [0.25, 0.3) is 0 Å². The molecular formula is C12H23NO2. The second-order valence-electron chi connectivity index (χ2n) is 4.99. The minimum Gasteiger partial charge on any atom is -0.480 e. The molecule has 1 rings (SSSR count). The van der Waals surface area contributed by atoms with Crippen molar-refractivity contribution in [1.82, 2.24) is 4.90 Å². The second-order valence-corrected chi connectivity index (χ2v) is 4.99. The summed E-state index contributed by atoms with van der Waals surface area (Å²) in [5.74, 6) is 0.805. The van der Waals surface area contributed by atoms with Crippen LogP contribution in [0, 0.1) is 11.8 Å². The highest BCUT2D eigenvalue weighted by Crippen LogP contribution is 2.25. The van der Waals surface area contributed by atoms with E-state index < -0.39 is 5.97 Å². The Labute approximate surface area is 92.5 Å². The zero-order chi connectivity index (χ0) is 11.4. The maximum absolute atomic E-state index is 10.9. The zero-order valence-corrected chi connectivity index (χ0v) is 10.1. The van der Waals surface area contributed by atoms with Crippen LogP contribution in [0.5, 0.6) is 0 Å². The summed E-state index contributed by atoms with van der Waals surface area (Å²) in [5, 5.41) is 8.96. The van der Waals surface area contributed by atoms with Crippen molar-refractivity contribution < 1.29 is 9.90 Å². The predicted molar refractivity (Wildman–Crippen MR) is 60.8 cm³/mol. The first-order valence-corrected chi connectivity index (χ1v) is 5.99. The Bertz CT molecular complexity index is 216. The lowest BCUT2D eigenvalue weighted by Crippen LogP contribution is -2.39. The van der Waals surface area contributed by atoms with Gasteiger partial charge >= 0.3 is 5.97 Å². The molecule has 3 nitrogen and oxygen atoms in total. The van der Waals surface area contributed by atoms with E-state index in [1.807, 2.05) is 0 Å². The molecule has 0 radical (unpaired) electrons. The topological polar surface area (TPSA) is 40.5 Å². The quantitative estimate of drug-likeness (QED) is 0.781. The van der Waals surface area contributed by atoms with Crippen molar-refractivity contribution in [3.05, 3.63) is 0 Å². The molecule has 2 unspecified atom stereocenters. The highest BCUT2D eigenvalue weighted by atomic mass is 16.4. The normalized spacial score (nSPS) is 26.3. The molecule has 1 fully saturated rings. The average Bonchev–Trinajstić information content (AvgIpc) is 2.41. The lowest BCUT2D eigenvalue weighted by atomic mass is 9.89. The van der Waals surface area contributed by atoms with Gasteiger partial charge in [-0.1, -0.05) is 13.8 Å². The molecule has 0 amide bonds. The van der Waals surface area contributed by atoms with Crippen LogP contribution in [0.2, 0.25) is 0 Å². The Morgan fingerprint density at radius 1 is 1.27 bits per heavy atom. The summed E-state index contributed by atoms with van der Waals surface area (Å²) in [6.45, 7) is 8.20. The van der Waals surface area contributed by atoms with Crippen molar-refractivity contribution in [3.63, 3.8) is 0 Å². The molecule has 1 aliphatic heterocycles. The molecule has 0 bridgehead atoms. The molecule has 2 atom stereocenters. The first kappa shape index (κ1) is 12.5. The molecule has 0 aromatic carbocycles. The van der Waals surface area contributed by atoms with E-state index in [-0.39, 0.29) is 6.04 Å². The lowest BCUT2D eigenvalue weighted by Gasteiger charge is -2.24. The molecule has 0 saturated carbocycles. The molecule has 1 saturated heterocycles. The highest BCUT2D eigenvalue weighted by molar-refractivity contribution is 5.72. The van der Waals surface area contributed by atoms with Gasteiger partial charge in [0, 0.05) is 0 Å². The first-order chi connectivity index (χ1) is 7.02. The Balaban J connectivity index is 2.49. The summed E-state index contributed by atoms with van der Waals surface area (Å²) in [4.78, 5) is 13.0. The van der Waals surface area contributed by atoms with Gasteiger partial charge in [0.15, 0.2) is 0 Å². The molecule has 0 spiro atoms. The number of likely N-dealkylation sites (tertiary alicyclic amines) is 1. The third-order valence-corrected chi connectivity index (χ3v) is 3.66. The summed E-state index contributed by atoms with van der Waals surface area (Å²) in [5.41, 5.74) is 0. The maximum Gasteiger partial charge on any atom is 0.320 e. The van der Waals surface area contributed by atoms with E-state index in [1.54, 1.807) is 6.92 Å². The van der Waals surface area contributed by atoms with E-state index >= 15 is 0 Å². The van der Waals surface area contributed by atoms with Crippen molar-refractivity contribution in [2.75, 3.05) is 13.1 Å². The van der Waals surface area contributed by atoms with Crippen LogP contribution in [-0.2, 0) is 4.79 Å². The van der Waals surface area contributed by atoms with Crippen LogP contribution in [0.3, 0.4) is 0 Å². The minimum atomic E-state index is -0.696. The SMILES string of the molecule is CC(C)C1CCCN(C(C)C(=O)O)CC1. The van der Waals surface area contributed by atoms with Crippen LogP contribution < -0.4 is 0 Å². The summed E-state index contributed by atoms with van der Waals surface area (Å²) >= 11 is 0. The van der Waals surface area contributed by atoms with Crippen LogP contribution in [-0.4, -0.2) is 35.1 Å². The number of hydrogen-bond acceptors (Lipinski definition) is 2. The smallest absolute Gasteiger partial charge is 0.320 e. The highest BCUT2D eigenvalue weighted by Gasteiger charge is 2.25. The summed E-state index contributed by atoms with van der Waals surface area (Å²) in [7, 11) is 0. The number of carboxylic acids is 1.